The maximum absolute atomic E-state index is 3.74. The third-order valence-corrected chi connectivity index (χ3v) is 4.04. The van der Waals surface area contributed by atoms with E-state index in [1.54, 1.807) is 0 Å². The first-order valence-corrected chi connectivity index (χ1v) is 5.96. The Balaban J connectivity index is 1.97. The van der Waals surface area contributed by atoms with Gasteiger partial charge in [0.05, 0.1) is 0 Å². The first-order valence-electron chi connectivity index (χ1n) is 5.96. The zero-order chi connectivity index (χ0) is 9.31. The number of hydrogen-bond donors (Lipinski definition) is 1. The van der Waals surface area contributed by atoms with E-state index in [-0.39, 0.29) is 0 Å². The van der Waals surface area contributed by atoms with Crippen molar-refractivity contribution in [2.45, 2.75) is 58.4 Å². The van der Waals surface area contributed by atoms with Crippen LogP contribution in [-0.4, -0.2) is 12.6 Å². The molecule has 1 heteroatoms. The van der Waals surface area contributed by atoms with Crippen LogP contribution in [0.3, 0.4) is 0 Å². The molecule has 2 fully saturated rings. The maximum atomic E-state index is 3.74. The molecule has 1 atom stereocenters. The summed E-state index contributed by atoms with van der Waals surface area (Å²) < 4.78 is 0. The molecule has 13 heavy (non-hydrogen) atoms. The summed E-state index contributed by atoms with van der Waals surface area (Å²) in [6.07, 6.45) is 8.77. The highest BCUT2D eigenvalue weighted by Crippen LogP contribution is 2.50. The monoisotopic (exact) mass is 181 g/mol. The van der Waals surface area contributed by atoms with Gasteiger partial charge in [0.1, 0.15) is 0 Å². The zero-order valence-corrected chi connectivity index (χ0v) is 9.10. The van der Waals surface area contributed by atoms with Crippen molar-refractivity contribution in [1.82, 2.24) is 5.32 Å². The molecule has 1 heterocycles. The van der Waals surface area contributed by atoms with E-state index in [0.29, 0.717) is 0 Å². The molecule has 0 amide bonds. The van der Waals surface area contributed by atoms with Gasteiger partial charge in [-0.15, -0.1) is 0 Å². The average Bonchev–Trinajstić information content (AvgIpc) is 2.01. The Kier molecular flexibility index (Phi) is 2.64. The molecule has 0 aromatic heterocycles. The smallest absolute Gasteiger partial charge is 0.0126 e. The van der Waals surface area contributed by atoms with Crippen LogP contribution in [0.15, 0.2) is 0 Å². The Hall–Kier alpha value is -0.0400. The minimum atomic E-state index is 0.739. The fourth-order valence-corrected chi connectivity index (χ4v) is 3.14. The predicted octanol–water partition coefficient (Wildman–Crippen LogP) is 2.95. The van der Waals surface area contributed by atoms with Crippen molar-refractivity contribution in [3.63, 3.8) is 0 Å². The van der Waals surface area contributed by atoms with Gasteiger partial charge in [-0.3, -0.25) is 0 Å². The largest absolute Gasteiger partial charge is 0.313 e. The van der Waals surface area contributed by atoms with Gasteiger partial charge < -0.3 is 5.32 Å². The molecule has 2 aliphatic rings. The lowest BCUT2D eigenvalue weighted by molar-refractivity contribution is 0.0290. The van der Waals surface area contributed by atoms with Gasteiger partial charge in [0, 0.05) is 6.04 Å². The maximum Gasteiger partial charge on any atom is 0.0126 e. The number of hydrogen-bond acceptors (Lipinski definition) is 1. The van der Waals surface area contributed by atoms with Crippen LogP contribution in [0.1, 0.15) is 52.4 Å². The molecule has 1 nitrogen and oxygen atoms in total. The lowest BCUT2D eigenvalue weighted by atomic mass is 9.59. The normalized spacial score (nSPS) is 32.1. The van der Waals surface area contributed by atoms with Crippen molar-refractivity contribution in [3.8, 4) is 0 Å². The first kappa shape index (κ1) is 9.51. The van der Waals surface area contributed by atoms with Crippen molar-refractivity contribution in [2.75, 3.05) is 6.54 Å². The van der Waals surface area contributed by atoms with E-state index >= 15 is 0 Å². The minimum absolute atomic E-state index is 0.739. The molecule has 1 aliphatic carbocycles. The van der Waals surface area contributed by atoms with Gasteiger partial charge in [0.15, 0.2) is 0 Å². The SMILES string of the molecule is CC(C)CC1NCCCC12CCC2. The molecule has 1 saturated heterocycles. The Bertz CT molecular complexity index is 170. The highest BCUT2D eigenvalue weighted by Gasteiger charge is 2.44. The van der Waals surface area contributed by atoms with Crippen LogP contribution in [0.2, 0.25) is 0 Å². The number of nitrogens with one attached hydrogen (secondary N) is 1. The molecule has 0 radical (unpaired) electrons. The molecule has 1 N–H and O–H groups in total. The molecule has 0 aromatic rings. The minimum Gasteiger partial charge on any atom is -0.313 e. The highest BCUT2D eigenvalue weighted by atomic mass is 15.0. The molecule has 1 unspecified atom stereocenters. The van der Waals surface area contributed by atoms with Crippen molar-refractivity contribution in [1.29, 1.82) is 0 Å². The van der Waals surface area contributed by atoms with Gasteiger partial charge in [-0.2, -0.15) is 0 Å². The molecule has 0 aromatic carbocycles. The van der Waals surface area contributed by atoms with Gasteiger partial charge in [0.25, 0.3) is 0 Å². The van der Waals surface area contributed by atoms with Crippen LogP contribution < -0.4 is 5.32 Å². The van der Waals surface area contributed by atoms with E-state index in [1.165, 1.54) is 45.1 Å². The van der Waals surface area contributed by atoms with Crippen LogP contribution in [0.5, 0.6) is 0 Å². The summed E-state index contributed by atoms with van der Waals surface area (Å²) in [6.45, 7) is 5.96. The average molecular weight is 181 g/mol. The van der Waals surface area contributed by atoms with E-state index < -0.39 is 0 Å². The first-order chi connectivity index (χ1) is 6.23. The number of piperidine rings is 1. The van der Waals surface area contributed by atoms with E-state index in [2.05, 4.69) is 19.2 Å². The highest BCUT2D eigenvalue weighted by molar-refractivity contribution is 4.99. The Morgan fingerprint density at radius 2 is 1.92 bits per heavy atom. The van der Waals surface area contributed by atoms with Crippen molar-refractivity contribution in [2.24, 2.45) is 11.3 Å². The quantitative estimate of drug-likeness (QED) is 0.690. The lowest BCUT2D eigenvalue weighted by Crippen LogP contribution is -2.53. The second kappa shape index (κ2) is 3.61. The summed E-state index contributed by atoms with van der Waals surface area (Å²) in [7, 11) is 0. The van der Waals surface area contributed by atoms with Crippen LogP contribution in [-0.2, 0) is 0 Å². The third kappa shape index (κ3) is 1.76. The summed E-state index contributed by atoms with van der Waals surface area (Å²) in [4.78, 5) is 0. The van der Waals surface area contributed by atoms with Crippen molar-refractivity contribution >= 4 is 0 Å². The molecule has 0 bridgehead atoms. The van der Waals surface area contributed by atoms with Gasteiger partial charge in [-0.05, 0) is 50.0 Å². The second-order valence-corrected chi connectivity index (χ2v) is 5.46. The fraction of sp³-hybridized carbons (Fsp3) is 1.00. The molecule has 2 rings (SSSR count). The third-order valence-electron chi connectivity index (χ3n) is 4.04. The van der Waals surface area contributed by atoms with Gasteiger partial charge in [-0.1, -0.05) is 20.3 Å². The van der Waals surface area contributed by atoms with Crippen LogP contribution in [0.4, 0.5) is 0 Å². The van der Waals surface area contributed by atoms with Crippen LogP contribution in [0, 0.1) is 11.3 Å². The summed E-state index contributed by atoms with van der Waals surface area (Å²) in [6, 6.07) is 0.843. The van der Waals surface area contributed by atoms with Gasteiger partial charge >= 0.3 is 0 Å². The topological polar surface area (TPSA) is 12.0 Å². The molecular weight excluding hydrogens is 158 g/mol. The summed E-state index contributed by atoms with van der Waals surface area (Å²) in [5, 5.41) is 3.74. The molecule has 76 valence electrons. The molecule has 1 spiro atoms. The van der Waals surface area contributed by atoms with Crippen molar-refractivity contribution < 1.29 is 0 Å². The Morgan fingerprint density at radius 1 is 1.23 bits per heavy atom. The van der Waals surface area contributed by atoms with Gasteiger partial charge in [0.2, 0.25) is 0 Å². The predicted molar refractivity (Wildman–Crippen MR) is 56.8 cm³/mol. The van der Waals surface area contributed by atoms with E-state index in [0.717, 1.165) is 17.4 Å². The summed E-state index contributed by atoms with van der Waals surface area (Å²) in [5.41, 5.74) is 0.739. The zero-order valence-electron chi connectivity index (χ0n) is 9.10. The summed E-state index contributed by atoms with van der Waals surface area (Å²) in [5.74, 6) is 0.855. The Labute approximate surface area is 82.3 Å². The second-order valence-electron chi connectivity index (χ2n) is 5.46. The lowest BCUT2D eigenvalue weighted by Gasteiger charge is -2.52. The Morgan fingerprint density at radius 3 is 2.46 bits per heavy atom. The van der Waals surface area contributed by atoms with E-state index in [1.807, 2.05) is 0 Å². The number of rotatable bonds is 2. The van der Waals surface area contributed by atoms with Gasteiger partial charge in [-0.25, -0.2) is 0 Å². The van der Waals surface area contributed by atoms with Crippen LogP contribution >= 0.6 is 0 Å². The standard InChI is InChI=1S/C12H23N/c1-10(2)9-11-12(5-3-6-12)7-4-8-13-11/h10-11,13H,3-9H2,1-2H3. The molecule has 1 aliphatic heterocycles. The molecule has 1 saturated carbocycles. The summed E-state index contributed by atoms with van der Waals surface area (Å²) >= 11 is 0. The van der Waals surface area contributed by atoms with Crippen LogP contribution in [0.25, 0.3) is 0 Å². The molecular formula is C12H23N. The van der Waals surface area contributed by atoms with E-state index in [9.17, 15) is 0 Å². The fourth-order valence-electron chi connectivity index (χ4n) is 3.14. The van der Waals surface area contributed by atoms with Crippen molar-refractivity contribution in [3.05, 3.63) is 0 Å². The van der Waals surface area contributed by atoms with E-state index in [4.69, 9.17) is 0 Å².